The fraction of sp³-hybridized carbons (Fsp3) is 0.417. The summed E-state index contributed by atoms with van der Waals surface area (Å²) in [7, 11) is 1.61. The zero-order chi connectivity index (χ0) is 11.8. The number of nitriles is 1. The summed E-state index contributed by atoms with van der Waals surface area (Å²) in [5.41, 5.74) is 1.45. The van der Waals surface area contributed by atoms with Crippen LogP contribution in [0.15, 0.2) is 18.2 Å². The van der Waals surface area contributed by atoms with Crippen molar-refractivity contribution < 1.29 is 14.2 Å². The summed E-state index contributed by atoms with van der Waals surface area (Å²) in [6.07, 6.45) is 0. The van der Waals surface area contributed by atoms with Crippen LogP contribution in [0.1, 0.15) is 11.1 Å². The molecular formula is C12H15NO3. The molecule has 86 valence electrons. The first-order chi connectivity index (χ1) is 7.79. The van der Waals surface area contributed by atoms with E-state index in [1.54, 1.807) is 13.2 Å². The third kappa shape index (κ3) is 3.54. The topological polar surface area (TPSA) is 51.5 Å². The van der Waals surface area contributed by atoms with Gasteiger partial charge in [-0.3, -0.25) is 0 Å². The Morgan fingerprint density at radius 3 is 2.81 bits per heavy atom. The normalized spacial score (nSPS) is 9.81. The molecule has 0 spiro atoms. The van der Waals surface area contributed by atoms with Crippen LogP contribution in [0.5, 0.6) is 5.75 Å². The van der Waals surface area contributed by atoms with Gasteiger partial charge in [0.1, 0.15) is 11.8 Å². The maximum absolute atomic E-state index is 8.89. The molecule has 0 saturated carbocycles. The van der Waals surface area contributed by atoms with Crippen LogP contribution in [-0.4, -0.2) is 27.1 Å². The van der Waals surface area contributed by atoms with Crippen molar-refractivity contribution in [2.45, 2.75) is 6.92 Å². The molecular weight excluding hydrogens is 206 g/mol. The van der Waals surface area contributed by atoms with Gasteiger partial charge in [-0.25, -0.2) is 0 Å². The second-order valence-corrected chi connectivity index (χ2v) is 3.23. The quantitative estimate of drug-likeness (QED) is 0.543. The molecule has 1 aromatic carbocycles. The number of hydrogen-bond donors (Lipinski definition) is 0. The molecule has 0 fully saturated rings. The Morgan fingerprint density at radius 1 is 1.31 bits per heavy atom. The van der Waals surface area contributed by atoms with Crippen LogP contribution in [-0.2, 0) is 9.47 Å². The van der Waals surface area contributed by atoms with Crippen LogP contribution in [0.4, 0.5) is 0 Å². The smallest absolute Gasteiger partial charge is 0.189 e. The minimum atomic E-state index is 0.128. The fourth-order valence-corrected chi connectivity index (χ4v) is 1.23. The summed E-state index contributed by atoms with van der Waals surface area (Å²) in [6.45, 7) is 3.03. The van der Waals surface area contributed by atoms with Gasteiger partial charge in [0.15, 0.2) is 6.79 Å². The van der Waals surface area contributed by atoms with E-state index in [1.165, 1.54) is 0 Å². The van der Waals surface area contributed by atoms with Gasteiger partial charge in [0, 0.05) is 7.11 Å². The van der Waals surface area contributed by atoms with E-state index in [4.69, 9.17) is 19.5 Å². The summed E-state index contributed by atoms with van der Waals surface area (Å²) in [4.78, 5) is 0. The zero-order valence-electron chi connectivity index (χ0n) is 9.53. The summed E-state index contributed by atoms with van der Waals surface area (Å²) >= 11 is 0. The van der Waals surface area contributed by atoms with Gasteiger partial charge in [-0.05, 0) is 18.6 Å². The van der Waals surface area contributed by atoms with Gasteiger partial charge in [0.05, 0.1) is 18.8 Å². The van der Waals surface area contributed by atoms with E-state index in [0.29, 0.717) is 24.5 Å². The number of methoxy groups -OCH3 is 1. The summed E-state index contributed by atoms with van der Waals surface area (Å²) in [5.74, 6) is 0.586. The Morgan fingerprint density at radius 2 is 2.12 bits per heavy atom. The summed E-state index contributed by atoms with van der Waals surface area (Å²) < 4.78 is 15.4. The number of nitrogens with zero attached hydrogens (tertiary/aromatic N) is 1. The first-order valence-electron chi connectivity index (χ1n) is 4.98. The van der Waals surface area contributed by atoms with Gasteiger partial charge < -0.3 is 14.2 Å². The molecule has 0 atom stereocenters. The molecule has 4 nitrogen and oxygen atoms in total. The van der Waals surface area contributed by atoms with Crippen LogP contribution in [0.2, 0.25) is 0 Å². The molecule has 0 heterocycles. The van der Waals surface area contributed by atoms with Crippen LogP contribution in [0, 0.1) is 18.3 Å². The first kappa shape index (κ1) is 12.5. The predicted octanol–water partition coefficient (Wildman–Crippen LogP) is 1.87. The Kier molecular flexibility index (Phi) is 5.34. The molecule has 0 aliphatic heterocycles. The van der Waals surface area contributed by atoms with Crippen molar-refractivity contribution in [3.63, 3.8) is 0 Å². The molecule has 16 heavy (non-hydrogen) atoms. The van der Waals surface area contributed by atoms with E-state index < -0.39 is 0 Å². The standard InChI is InChI=1S/C12H15NO3/c1-10-4-3-5-11(8-13)12(10)16-9-15-7-6-14-2/h3-5H,6-7,9H2,1-2H3. The third-order valence-corrected chi connectivity index (χ3v) is 2.05. The Bertz CT molecular complexity index is 371. The van der Waals surface area contributed by atoms with Crippen molar-refractivity contribution in [3.05, 3.63) is 29.3 Å². The average molecular weight is 221 g/mol. The van der Waals surface area contributed by atoms with Crippen molar-refractivity contribution in [2.75, 3.05) is 27.1 Å². The highest BCUT2D eigenvalue weighted by molar-refractivity contribution is 5.47. The van der Waals surface area contributed by atoms with E-state index in [2.05, 4.69) is 6.07 Å². The lowest BCUT2D eigenvalue weighted by molar-refractivity contribution is -0.00887. The van der Waals surface area contributed by atoms with Crippen molar-refractivity contribution in [1.82, 2.24) is 0 Å². The molecule has 0 aliphatic carbocycles. The van der Waals surface area contributed by atoms with Crippen LogP contribution in [0.25, 0.3) is 0 Å². The number of rotatable bonds is 6. The highest BCUT2D eigenvalue weighted by Gasteiger charge is 2.05. The number of aryl methyl sites for hydroxylation is 1. The van der Waals surface area contributed by atoms with E-state index in [0.717, 1.165) is 5.56 Å². The molecule has 0 radical (unpaired) electrons. The van der Waals surface area contributed by atoms with E-state index in [1.807, 2.05) is 19.1 Å². The average Bonchev–Trinajstić information content (AvgIpc) is 2.30. The fourth-order valence-electron chi connectivity index (χ4n) is 1.23. The SMILES string of the molecule is COCCOCOc1c(C)cccc1C#N. The summed E-state index contributed by atoms with van der Waals surface area (Å²) in [5, 5.41) is 8.89. The second-order valence-electron chi connectivity index (χ2n) is 3.23. The Labute approximate surface area is 95.4 Å². The lowest BCUT2D eigenvalue weighted by atomic mass is 10.1. The van der Waals surface area contributed by atoms with Gasteiger partial charge in [0.2, 0.25) is 0 Å². The molecule has 4 heteroatoms. The van der Waals surface area contributed by atoms with Crippen molar-refractivity contribution in [1.29, 1.82) is 5.26 Å². The molecule has 0 unspecified atom stereocenters. The summed E-state index contributed by atoms with van der Waals surface area (Å²) in [6, 6.07) is 7.52. The van der Waals surface area contributed by atoms with E-state index in [-0.39, 0.29) is 6.79 Å². The van der Waals surface area contributed by atoms with Crippen LogP contribution in [0.3, 0.4) is 0 Å². The molecule has 0 amide bonds. The van der Waals surface area contributed by atoms with Crippen molar-refractivity contribution >= 4 is 0 Å². The lowest BCUT2D eigenvalue weighted by Gasteiger charge is -2.10. The van der Waals surface area contributed by atoms with Gasteiger partial charge in [0.25, 0.3) is 0 Å². The highest BCUT2D eigenvalue weighted by Crippen LogP contribution is 2.22. The maximum Gasteiger partial charge on any atom is 0.189 e. The largest absolute Gasteiger partial charge is 0.466 e. The van der Waals surface area contributed by atoms with E-state index >= 15 is 0 Å². The first-order valence-corrected chi connectivity index (χ1v) is 4.98. The minimum Gasteiger partial charge on any atom is -0.466 e. The monoisotopic (exact) mass is 221 g/mol. The highest BCUT2D eigenvalue weighted by atomic mass is 16.7. The zero-order valence-corrected chi connectivity index (χ0v) is 9.53. The number of ether oxygens (including phenoxy) is 3. The van der Waals surface area contributed by atoms with Crippen molar-refractivity contribution in [3.8, 4) is 11.8 Å². The van der Waals surface area contributed by atoms with Crippen LogP contribution >= 0.6 is 0 Å². The van der Waals surface area contributed by atoms with Gasteiger partial charge >= 0.3 is 0 Å². The Balaban J connectivity index is 2.50. The third-order valence-electron chi connectivity index (χ3n) is 2.05. The molecule has 1 rings (SSSR count). The number of hydrogen-bond acceptors (Lipinski definition) is 4. The van der Waals surface area contributed by atoms with Crippen molar-refractivity contribution in [2.24, 2.45) is 0 Å². The lowest BCUT2D eigenvalue weighted by Crippen LogP contribution is -2.09. The van der Waals surface area contributed by atoms with Crippen LogP contribution < -0.4 is 4.74 Å². The van der Waals surface area contributed by atoms with Gasteiger partial charge in [-0.15, -0.1) is 0 Å². The molecule has 1 aromatic rings. The van der Waals surface area contributed by atoms with E-state index in [9.17, 15) is 0 Å². The number of benzene rings is 1. The number of para-hydroxylation sites is 1. The molecule has 0 saturated heterocycles. The van der Waals surface area contributed by atoms with Gasteiger partial charge in [-0.2, -0.15) is 5.26 Å². The molecule has 0 N–H and O–H groups in total. The maximum atomic E-state index is 8.89. The van der Waals surface area contributed by atoms with Gasteiger partial charge in [-0.1, -0.05) is 12.1 Å². The molecule has 0 aromatic heterocycles. The molecule has 0 aliphatic rings. The minimum absolute atomic E-state index is 0.128. The second kappa shape index (κ2) is 6.83. The predicted molar refractivity (Wildman–Crippen MR) is 59.2 cm³/mol. The molecule has 0 bridgehead atoms. The Hall–Kier alpha value is -1.57.